The number of unbranched alkanes of at least 4 members (excludes halogenated alkanes) is 5. The van der Waals surface area contributed by atoms with Crippen LogP contribution in [0.15, 0.2) is 0 Å². The van der Waals surface area contributed by atoms with Crippen molar-refractivity contribution in [3.8, 4) is 0 Å². The van der Waals surface area contributed by atoms with Gasteiger partial charge in [0.25, 0.3) is 0 Å². The maximum absolute atomic E-state index is 3.60. The van der Waals surface area contributed by atoms with Gasteiger partial charge in [-0.25, -0.2) is 0 Å². The molecule has 15 heavy (non-hydrogen) atoms. The zero-order chi connectivity index (χ0) is 10.8. The molecule has 1 heterocycles. The third kappa shape index (κ3) is 7.24. The monoisotopic (exact) mass is 229 g/mol. The summed E-state index contributed by atoms with van der Waals surface area (Å²) in [6.07, 6.45) is 11.3. The Kier molecular flexibility index (Phi) is 8.50. The average Bonchev–Trinajstić information content (AvgIpc) is 2.75. The van der Waals surface area contributed by atoms with Gasteiger partial charge in [-0.05, 0) is 31.6 Å². The highest BCUT2D eigenvalue weighted by Gasteiger charge is 2.14. The second-order valence-corrected chi connectivity index (χ2v) is 6.02. The summed E-state index contributed by atoms with van der Waals surface area (Å²) >= 11 is 2.15. The van der Waals surface area contributed by atoms with Crippen LogP contribution in [0, 0.1) is 0 Å². The first-order valence-electron chi connectivity index (χ1n) is 6.76. The quantitative estimate of drug-likeness (QED) is 0.603. The molecular formula is C13H27NS. The Morgan fingerprint density at radius 2 is 1.93 bits per heavy atom. The van der Waals surface area contributed by atoms with Gasteiger partial charge in [0.1, 0.15) is 0 Å². The molecule has 2 heteroatoms. The SMILES string of the molecule is CCCCCCCCNCC1CCCS1. The first-order chi connectivity index (χ1) is 7.43. The minimum atomic E-state index is 0.921. The molecule has 0 aromatic carbocycles. The largest absolute Gasteiger partial charge is 0.316 e. The molecule has 1 unspecified atom stereocenters. The van der Waals surface area contributed by atoms with E-state index in [1.54, 1.807) is 0 Å². The molecule has 0 saturated carbocycles. The van der Waals surface area contributed by atoms with E-state index in [-0.39, 0.29) is 0 Å². The lowest BCUT2D eigenvalue weighted by atomic mass is 10.1. The van der Waals surface area contributed by atoms with E-state index in [1.165, 1.54) is 70.2 Å². The second kappa shape index (κ2) is 9.53. The van der Waals surface area contributed by atoms with Gasteiger partial charge >= 0.3 is 0 Å². The van der Waals surface area contributed by atoms with Crippen molar-refractivity contribution < 1.29 is 0 Å². The van der Waals surface area contributed by atoms with Crippen LogP contribution in [0.2, 0.25) is 0 Å². The number of thioether (sulfide) groups is 1. The van der Waals surface area contributed by atoms with Crippen molar-refractivity contribution in [3.63, 3.8) is 0 Å². The molecule has 0 aromatic rings. The lowest BCUT2D eigenvalue weighted by Gasteiger charge is -2.09. The number of hydrogen-bond acceptors (Lipinski definition) is 2. The molecular weight excluding hydrogens is 202 g/mol. The zero-order valence-electron chi connectivity index (χ0n) is 10.3. The van der Waals surface area contributed by atoms with Crippen LogP contribution in [0.3, 0.4) is 0 Å². The molecule has 1 saturated heterocycles. The molecule has 0 aliphatic carbocycles. The Hall–Kier alpha value is 0.310. The minimum Gasteiger partial charge on any atom is -0.316 e. The van der Waals surface area contributed by atoms with Crippen LogP contribution in [0.5, 0.6) is 0 Å². The van der Waals surface area contributed by atoms with Crippen molar-refractivity contribution in [2.75, 3.05) is 18.8 Å². The van der Waals surface area contributed by atoms with Crippen LogP contribution in [-0.4, -0.2) is 24.1 Å². The van der Waals surface area contributed by atoms with Crippen LogP contribution in [0.4, 0.5) is 0 Å². The highest BCUT2D eigenvalue weighted by molar-refractivity contribution is 8.00. The van der Waals surface area contributed by atoms with Crippen molar-refractivity contribution in [2.24, 2.45) is 0 Å². The number of hydrogen-bond donors (Lipinski definition) is 1. The average molecular weight is 229 g/mol. The molecule has 1 N–H and O–H groups in total. The van der Waals surface area contributed by atoms with Crippen LogP contribution in [-0.2, 0) is 0 Å². The minimum absolute atomic E-state index is 0.921. The van der Waals surface area contributed by atoms with E-state index in [2.05, 4.69) is 24.0 Å². The van der Waals surface area contributed by atoms with Crippen molar-refractivity contribution in [2.45, 2.75) is 63.5 Å². The molecule has 90 valence electrons. The van der Waals surface area contributed by atoms with Crippen molar-refractivity contribution >= 4 is 11.8 Å². The van der Waals surface area contributed by atoms with Gasteiger partial charge in [0, 0.05) is 11.8 Å². The van der Waals surface area contributed by atoms with E-state index >= 15 is 0 Å². The zero-order valence-corrected chi connectivity index (χ0v) is 11.1. The van der Waals surface area contributed by atoms with E-state index in [0.29, 0.717) is 0 Å². The van der Waals surface area contributed by atoms with Crippen molar-refractivity contribution in [1.82, 2.24) is 5.32 Å². The predicted molar refractivity (Wildman–Crippen MR) is 71.7 cm³/mol. The number of rotatable bonds is 9. The van der Waals surface area contributed by atoms with Crippen molar-refractivity contribution in [3.05, 3.63) is 0 Å². The molecule has 0 spiro atoms. The summed E-state index contributed by atoms with van der Waals surface area (Å²) in [6, 6.07) is 0. The fourth-order valence-electron chi connectivity index (χ4n) is 2.10. The molecule has 1 nitrogen and oxygen atoms in total. The topological polar surface area (TPSA) is 12.0 Å². The van der Waals surface area contributed by atoms with Crippen molar-refractivity contribution in [1.29, 1.82) is 0 Å². The smallest absolute Gasteiger partial charge is 0.0172 e. The Balaban J connectivity index is 1.73. The van der Waals surface area contributed by atoms with Crippen LogP contribution >= 0.6 is 11.8 Å². The molecule has 1 rings (SSSR count). The van der Waals surface area contributed by atoms with E-state index in [9.17, 15) is 0 Å². The molecule has 1 aliphatic rings. The van der Waals surface area contributed by atoms with Gasteiger partial charge in [0.15, 0.2) is 0 Å². The van der Waals surface area contributed by atoms with Crippen LogP contribution in [0.1, 0.15) is 58.3 Å². The summed E-state index contributed by atoms with van der Waals surface area (Å²) in [5, 5.41) is 4.52. The molecule has 1 fully saturated rings. The molecule has 1 atom stereocenters. The molecule has 0 aromatic heterocycles. The third-order valence-electron chi connectivity index (χ3n) is 3.10. The Morgan fingerprint density at radius 1 is 1.13 bits per heavy atom. The fraction of sp³-hybridized carbons (Fsp3) is 1.00. The Morgan fingerprint density at radius 3 is 2.67 bits per heavy atom. The highest BCUT2D eigenvalue weighted by atomic mass is 32.2. The lowest BCUT2D eigenvalue weighted by molar-refractivity contribution is 0.565. The summed E-state index contributed by atoms with van der Waals surface area (Å²) in [4.78, 5) is 0. The molecule has 0 amide bonds. The van der Waals surface area contributed by atoms with E-state index in [1.807, 2.05) is 0 Å². The van der Waals surface area contributed by atoms with Gasteiger partial charge in [-0.2, -0.15) is 11.8 Å². The van der Waals surface area contributed by atoms with E-state index in [4.69, 9.17) is 0 Å². The molecule has 1 aliphatic heterocycles. The first kappa shape index (κ1) is 13.4. The van der Waals surface area contributed by atoms with Gasteiger partial charge in [-0.3, -0.25) is 0 Å². The van der Waals surface area contributed by atoms with E-state index in [0.717, 1.165) is 5.25 Å². The summed E-state index contributed by atoms with van der Waals surface area (Å²) in [5.74, 6) is 1.39. The number of nitrogens with one attached hydrogen (secondary N) is 1. The Labute approximate surface area is 99.8 Å². The lowest BCUT2D eigenvalue weighted by Crippen LogP contribution is -2.24. The van der Waals surface area contributed by atoms with Gasteiger partial charge in [0.2, 0.25) is 0 Å². The second-order valence-electron chi connectivity index (χ2n) is 4.61. The Bertz CT molecular complexity index is 132. The summed E-state index contributed by atoms with van der Waals surface area (Å²) in [7, 11) is 0. The molecule has 0 radical (unpaired) electrons. The first-order valence-corrected chi connectivity index (χ1v) is 7.80. The maximum Gasteiger partial charge on any atom is 0.0172 e. The fourth-order valence-corrected chi connectivity index (χ4v) is 3.33. The van der Waals surface area contributed by atoms with Crippen LogP contribution < -0.4 is 5.32 Å². The normalized spacial score (nSPS) is 21.0. The summed E-state index contributed by atoms with van der Waals surface area (Å²) in [5.41, 5.74) is 0. The van der Waals surface area contributed by atoms with Gasteiger partial charge < -0.3 is 5.32 Å². The highest BCUT2D eigenvalue weighted by Crippen LogP contribution is 2.25. The maximum atomic E-state index is 3.60. The van der Waals surface area contributed by atoms with Gasteiger partial charge in [-0.1, -0.05) is 39.0 Å². The third-order valence-corrected chi connectivity index (χ3v) is 4.50. The summed E-state index contributed by atoms with van der Waals surface area (Å²) < 4.78 is 0. The predicted octanol–water partition coefficient (Wildman–Crippen LogP) is 3.83. The summed E-state index contributed by atoms with van der Waals surface area (Å²) in [6.45, 7) is 4.77. The molecule has 0 bridgehead atoms. The van der Waals surface area contributed by atoms with Gasteiger partial charge in [-0.15, -0.1) is 0 Å². The van der Waals surface area contributed by atoms with Crippen LogP contribution in [0.25, 0.3) is 0 Å². The van der Waals surface area contributed by atoms with E-state index < -0.39 is 0 Å². The van der Waals surface area contributed by atoms with Gasteiger partial charge in [0.05, 0.1) is 0 Å². The standard InChI is InChI=1S/C13H27NS/c1-2-3-4-5-6-7-10-14-12-13-9-8-11-15-13/h13-14H,2-12H2,1H3.